The van der Waals surface area contributed by atoms with E-state index < -0.39 is 5.63 Å². The number of esters is 1. The van der Waals surface area contributed by atoms with Crippen LogP contribution in [-0.4, -0.2) is 18.8 Å². The lowest BCUT2D eigenvalue weighted by molar-refractivity contribution is -0.141. The number of ether oxygens (including phenoxy) is 2. The average molecular weight is 391 g/mol. The molecule has 0 amide bonds. The number of methoxy groups -OCH3 is 1. The highest BCUT2D eigenvalue weighted by Crippen LogP contribution is 2.24. The lowest BCUT2D eigenvalue weighted by Gasteiger charge is -2.08. The van der Waals surface area contributed by atoms with E-state index in [1.165, 1.54) is 24.9 Å². The van der Waals surface area contributed by atoms with Crippen molar-refractivity contribution < 1.29 is 18.7 Å². The molecule has 0 radical (unpaired) electrons. The Hall–Kier alpha value is -2.44. The molecule has 3 aromatic rings. The van der Waals surface area contributed by atoms with Crippen LogP contribution in [0.25, 0.3) is 11.0 Å². The Kier molecular flexibility index (Phi) is 5.85. The van der Waals surface area contributed by atoms with Crippen LogP contribution in [0.5, 0.6) is 5.75 Å². The van der Waals surface area contributed by atoms with Gasteiger partial charge in [0, 0.05) is 33.0 Å². The van der Waals surface area contributed by atoms with E-state index in [2.05, 4.69) is 0 Å². The van der Waals surface area contributed by atoms with Crippen molar-refractivity contribution in [3.63, 3.8) is 0 Å². The third kappa shape index (κ3) is 4.59. The van der Waals surface area contributed by atoms with E-state index in [4.69, 9.17) is 25.5 Å². The number of rotatable bonds is 6. The minimum Gasteiger partial charge on any atom is -0.497 e. The topological polar surface area (TPSA) is 65.7 Å². The fourth-order valence-electron chi connectivity index (χ4n) is 2.33. The van der Waals surface area contributed by atoms with E-state index >= 15 is 0 Å². The number of hydrogen-bond acceptors (Lipinski definition) is 6. The minimum atomic E-state index is -0.507. The molecule has 7 heteroatoms. The molecule has 0 atom stereocenters. The number of carbonyl (C=O) groups is 1. The quantitative estimate of drug-likeness (QED) is 0.355. The highest BCUT2D eigenvalue weighted by atomic mass is 35.5. The maximum Gasteiger partial charge on any atom is 0.336 e. The van der Waals surface area contributed by atoms with Crippen LogP contribution < -0.4 is 10.4 Å². The van der Waals surface area contributed by atoms with Crippen LogP contribution in [-0.2, 0) is 16.1 Å². The molecular formula is C19H15ClO5S. The Bertz CT molecular complexity index is 981. The van der Waals surface area contributed by atoms with Crippen LogP contribution >= 0.6 is 23.4 Å². The van der Waals surface area contributed by atoms with Gasteiger partial charge in [-0.2, -0.15) is 0 Å². The van der Waals surface area contributed by atoms with E-state index in [0.717, 1.165) is 4.90 Å². The van der Waals surface area contributed by atoms with Gasteiger partial charge in [-0.25, -0.2) is 4.79 Å². The van der Waals surface area contributed by atoms with E-state index in [1.807, 2.05) is 12.1 Å². The summed E-state index contributed by atoms with van der Waals surface area (Å²) in [5.41, 5.74) is 0.467. The normalized spacial score (nSPS) is 10.7. The van der Waals surface area contributed by atoms with Gasteiger partial charge in [-0.1, -0.05) is 11.6 Å². The molecule has 0 fully saturated rings. The molecule has 0 aliphatic carbocycles. The number of carbonyl (C=O) groups excluding carboxylic acids is 1. The molecule has 26 heavy (non-hydrogen) atoms. The van der Waals surface area contributed by atoms with Crippen LogP contribution in [0, 0.1) is 0 Å². The predicted molar refractivity (Wildman–Crippen MR) is 101 cm³/mol. The number of fused-ring (bicyclic) bond motifs is 1. The van der Waals surface area contributed by atoms with Gasteiger partial charge >= 0.3 is 11.6 Å². The number of halogens is 1. The zero-order valence-corrected chi connectivity index (χ0v) is 15.4. The third-order valence-corrected chi connectivity index (χ3v) is 4.83. The molecule has 0 aliphatic heterocycles. The van der Waals surface area contributed by atoms with Gasteiger partial charge in [0.15, 0.2) is 0 Å². The first-order valence-electron chi connectivity index (χ1n) is 7.70. The van der Waals surface area contributed by atoms with Crippen molar-refractivity contribution in [1.29, 1.82) is 0 Å². The van der Waals surface area contributed by atoms with Gasteiger partial charge in [0.2, 0.25) is 0 Å². The number of thioether (sulfide) groups is 1. The van der Waals surface area contributed by atoms with Crippen molar-refractivity contribution in [3.8, 4) is 5.75 Å². The minimum absolute atomic E-state index is 0.00552. The van der Waals surface area contributed by atoms with Gasteiger partial charge in [0.1, 0.15) is 17.9 Å². The van der Waals surface area contributed by atoms with Crippen LogP contribution in [0.4, 0.5) is 0 Å². The second kappa shape index (κ2) is 8.29. The molecule has 2 aromatic carbocycles. The summed E-state index contributed by atoms with van der Waals surface area (Å²) in [7, 11) is 1.53. The summed E-state index contributed by atoms with van der Waals surface area (Å²) in [5.74, 6) is 0.364. The lowest BCUT2D eigenvalue weighted by atomic mass is 10.1. The molecule has 0 bridgehead atoms. The first-order valence-corrected chi connectivity index (χ1v) is 9.06. The van der Waals surface area contributed by atoms with E-state index in [-0.39, 0.29) is 18.3 Å². The largest absolute Gasteiger partial charge is 0.497 e. The van der Waals surface area contributed by atoms with E-state index in [0.29, 0.717) is 27.3 Å². The standard InChI is InChI=1S/C19H15ClO5S/c1-23-14-4-7-16-12(8-18(21)25-17(16)9-14)10-24-19(22)11-26-15-5-2-13(20)3-6-15/h2-9H,10-11H2,1H3. The van der Waals surface area contributed by atoms with E-state index in [1.54, 1.807) is 30.3 Å². The van der Waals surface area contributed by atoms with Gasteiger partial charge in [-0.05, 0) is 36.4 Å². The van der Waals surface area contributed by atoms with Crippen molar-refractivity contribution in [2.24, 2.45) is 0 Å². The molecule has 0 N–H and O–H groups in total. The molecule has 5 nitrogen and oxygen atoms in total. The maximum absolute atomic E-state index is 12.0. The molecule has 1 aromatic heterocycles. The Morgan fingerprint density at radius 2 is 1.92 bits per heavy atom. The Labute approximate surface area is 158 Å². The second-order valence-corrected chi connectivity index (χ2v) is 6.84. The predicted octanol–water partition coefficient (Wildman–Crippen LogP) is 4.29. The highest BCUT2D eigenvalue weighted by Gasteiger charge is 2.10. The van der Waals surface area contributed by atoms with Gasteiger partial charge in [0.05, 0.1) is 12.9 Å². The molecule has 0 saturated heterocycles. The fraction of sp³-hybridized carbons (Fsp3) is 0.158. The Morgan fingerprint density at radius 1 is 1.15 bits per heavy atom. The van der Waals surface area contributed by atoms with Gasteiger partial charge < -0.3 is 13.9 Å². The van der Waals surface area contributed by atoms with Gasteiger partial charge in [-0.3, -0.25) is 4.79 Å². The molecule has 0 aliphatic rings. The summed E-state index contributed by atoms with van der Waals surface area (Å²) in [5, 5.41) is 1.34. The molecule has 0 unspecified atom stereocenters. The second-order valence-electron chi connectivity index (χ2n) is 5.36. The molecular weight excluding hydrogens is 376 g/mol. The van der Waals surface area contributed by atoms with Crippen molar-refractivity contribution in [2.75, 3.05) is 12.9 Å². The summed E-state index contributed by atoms with van der Waals surface area (Å²) < 4.78 is 15.6. The Balaban J connectivity index is 1.66. The summed E-state index contributed by atoms with van der Waals surface area (Å²) in [4.78, 5) is 24.6. The smallest absolute Gasteiger partial charge is 0.336 e. The van der Waals surface area contributed by atoms with Crippen LogP contribution in [0.3, 0.4) is 0 Å². The number of hydrogen-bond donors (Lipinski definition) is 0. The monoisotopic (exact) mass is 390 g/mol. The van der Waals surface area contributed by atoms with Gasteiger partial charge in [0.25, 0.3) is 0 Å². The van der Waals surface area contributed by atoms with Crippen molar-refractivity contribution in [3.05, 3.63) is 69.5 Å². The summed E-state index contributed by atoms with van der Waals surface area (Å²) in [6.07, 6.45) is 0. The first-order chi connectivity index (χ1) is 12.5. The third-order valence-electron chi connectivity index (χ3n) is 3.60. The molecule has 3 rings (SSSR count). The number of benzene rings is 2. The summed E-state index contributed by atoms with van der Waals surface area (Å²) >= 11 is 7.18. The summed E-state index contributed by atoms with van der Waals surface area (Å²) in [6, 6.07) is 13.7. The van der Waals surface area contributed by atoms with Gasteiger partial charge in [-0.15, -0.1) is 11.8 Å². The molecule has 0 saturated carbocycles. The molecule has 0 spiro atoms. The fourth-order valence-corrected chi connectivity index (χ4v) is 3.15. The SMILES string of the molecule is COc1ccc2c(COC(=O)CSc3ccc(Cl)cc3)cc(=O)oc2c1. The first kappa shape index (κ1) is 18.4. The molecule has 134 valence electrons. The molecule has 1 heterocycles. The average Bonchev–Trinajstić information content (AvgIpc) is 2.64. The van der Waals surface area contributed by atoms with Crippen LogP contribution in [0.2, 0.25) is 5.02 Å². The maximum atomic E-state index is 12.0. The Morgan fingerprint density at radius 3 is 2.65 bits per heavy atom. The van der Waals surface area contributed by atoms with E-state index in [9.17, 15) is 9.59 Å². The lowest BCUT2D eigenvalue weighted by Crippen LogP contribution is -2.09. The van der Waals surface area contributed by atoms with Crippen molar-refractivity contribution >= 4 is 40.3 Å². The highest BCUT2D eigenvalue weighted by molar-refractivity contribution is 8.00. The zero-order chi connectivity index (χ0) is 18.5. The van der Waals surface area contributed by atoms with Crippen LogP contribution in [0.1, 0.15) is 5.56 Å². The van der Waals surface area contributed by atoms with Crippen molar-refractivity contribution in [1.82, 2.24) is 0 Å². The van der Waals surface area contributed by atoms with Crippen LogP contribution in [0.15, 0.2) is 62.6 Å². The zero-order valence-electron chi connectivity index (χ0n) is 13.9. The van der Waals surface area contributed by atoms with Crippen molar-refractivity contribution in [2.45, 2.75) is 11.5 Å². The summed E-state index contributed by atoms with van der Waals surface area (Å²) in [6.45, 7) is -0.00552.